The maximum absolute atomic E-state index is 13.5. The van der Waals surface area contributed by atoms with Crippen molar-refractivity contribution in [2.45, 2.75) is 18.2 Å². The number of nitrogens with one attached hydrogen (secondary N) is 1. The van der Waals surface area contributed by atoms with Gasteiger partial charge in [-0.3, -0.25) is 9.10 Å². The molecule has 4 aromatic rings. The Hall–Kier alpha value is -3.88. The molecule has 3 aromatic carbocycles. The van der Waals surface area contributed by atoms with E-state index in [2.05, 4.69) is 11.6 Å². The van der Waals surface area contributed by atoms with E-state index in [0.717, 1.165) is 27.2 Å². The minimum atomic E-state index is -4.09. The van der Waals surface area contributed by atoms with Crippen molar-refractivity contribution in [3.05, 3.63) is 107 Å². The Balaban J connectivity index is 1.54. The zero-order valence-electron chi connectivity index (χ0n) is 20.1. The summed E-state index contributed by atoms with van der Waals surface area (Å²) >= 11 is 6.25. The van der Waals surface area contributed by atoms with Crippen LogP contribution in [0.2, 0.25) is 5.02 Å². The summed E-state index contributed by atoms with van der Waals surface area (Å²) in [5.74, 6) is -1.18. The molecule has 37 heavy (non-hydrogen) atoms. The van der Waals surface area contributed by atoms with Gasteiger partial charge in [0.05, 0.1) is 27.7 Å². The number of esters is 1. The highest BCUT2D eigenvalue weighted by Crippen LogP contribution is 2.30. The molecule has 1 N–H and O–H groups in total. The van der Waals surface area contributed by atoms with Gasteiger partial charge in [0.25, 0.3) is 10.0 Å². The fraction of sp³-hybridized carbons (Fsp3) is 0.143. The van der Waals surface area contributed by atoms with Gasteiger partial charge in [0.15, 0.2) is 6.61 Å². The zero-order chi connectivity index (χ0) is 26.6. The number of aromatic amines is 1. The van der Waals surface area contributed by atoms with Crippen LogP contribution in [0.15, 0.2) is 90.5 Å². The van der Waals surface area contributed by atoms with Crippen LogP contribution in [0.5, 0.6) is 0 Å². The van der Waals surface area contributed by atoms with Crippen molar-refractivity contribution in [3.8, 4) is 0 Å². The first-order valence-electron chi connectivity index (χ1n) is 11.6. The third kappa shape index (κ3) is 5.30. The average Bonchev–Trinajstić information content (AvgIpc) is 3.35. The van der Waals surface area contributed by atoms with Gasteiger partial charge in [-0.15, -0.1) is 6.58 Å². The number of anilines is 1. The molecule has 0 spiro atoms. The monoisotopic (exact) mass is 536 g/mol. The second-order valence-corrected chi connectivity index (χ2v) is 10.5. The Labute approximate surface area is 220 Å². The summed E-state index contributed by atoms with van der Waals surface area (Å²) in [7, 11) is -4.09. The third-order valence-corrected chi connectivity index (χ3v) is 7.99. The number of rotatable bonds is 10. The van der Waals surface area contributed by atoms with E-state index in [1.807, 2.05) is 25.1 Å². The minimum Gasteiger partial charge on any atom is -0.454 e. The van der Waals surface area contributed by atoms with E-state index in [-0.39, 0.29) is 33.5 Å². The quantitative estimate of drug-likeness (QED) is 0.157. The van der Waals surface area contributed by atoms with Crippen molar-refractivity contribution < 1.29 is 22.7 Å². The lowest BCUT2D eigenvalue weighted by Crippen LogP contribution is -2.31. The van der Waals surface area contributed by atoms with Crippen molar-refractivity contribution in [3.63, 3.8) is 0 Å². The number of H-pyrrole nitrogens is 1. The minimum absolute atomic E-state index is 0.00113. The molecule has 0 fully saturated rings. The number of para-hydroxylation sites is 2. The molecule has 0 unspecified atom stereocenters. The molecule has 0 atom stereocenters. The molecule has 7 nitrogen and oxygen atoms in total. The molecule has 1 heterocycles. The molecular formula is C28H25ClN2O5S. The van der Waals surface area contributed by atoms with Gasteiger partial charge >= 0.3 is 5.97 Å². The molecule has 4 rings (SSSR count). The molecule has 9 heteroatoms. The smallest absolute Gasteiger partial charge is 0.338 e. The van der Waals surface area contributed by atoms with Crippen LogP contribution in [0.1, 0.15) is 33.2 Å². The fourth-order valence-electron chi connectivity index (χ4n) is 4.04. The first kappa shape index (κ1) is 26.2. The molecule has 0 radical (unpaired) electrons. The van der Waals surface area contributed by atoms with Crippen molar-refractivity contribution in [1.29, 1.82) is 0 Å². The Bertz CT molecular complexity index is 1590. The molecule has 0 saturated carbocycles. The molecule has 0 aliphatic carbocycles. The Morgan fingerprint density at radius 3 is 2.57 bits per heavy atom. The number of ether oxygens (including phenoxy) is 1. The van der Waals surface area contributed by atoms with E-state index in [4.69, 9.17) is 16.3 Å². The number of carbonyl (C=O) groups is 2. The number of carbonyl (C=O) groups excluding carboxylic acids is 2. The standard InChI is InChI=1S/C28H25ClN2O5S/c1-3-15-31(25-14-6-5-13-24(25)29)37(34,35)21-11-7-10-20(16-21)28(33)36-18-26(32)23-17-30-27-19(4-2)9-8-12-22(23)27/h3,5-14,16-17,30H,1,4,15,18H2,2H3. The molecule has 1 aromatic heterocycles. The van der Waals surface area contributed by atoms with Gasteiger partial charge in [-0.2, -0.15) is 0 Å². The summed E-state index contributed by atoms with van der Waals surface area (Å²) in [6, 6.07) is 17.7. The number of aromatic nitrogens is 1. The predicted octanol–water partition coefficient (Wildman–Crippen LogP) is 5.80. The predicted molar refractivity (Wildman–Crippen MR) is 145 cm³/mol. The van der Waals surface area contributed by atoms with Crippen molar-refractivity contribution >= 4 is 50.0 Å². The van der Waals surface area contributed by atoms with Crippen LogP contribution >= 0.6 is 11.6 Å². The SMILES string of the molecule is C=CCN(c1ccccc1Cl)S(=O)(=O)c1cccc(C(=O)OCC(=O)c2c[nH]c3c(CC)cccc23)c1. The van der Waals surface area contributed by atoms with E-state index >= 15 is 0 Å². The maximum Gasteiger partial charge on any atom is 0.338 e. The van der Waals surface area contributed by atoms with Gasteiger partial charge in [-0.25, -0.2) is 13.2 Å². The normalized spacial score (nSPS) is 11.3. The maximum atomic E-state index is 13.5. The summed E-state index contributed by atoms with van der Waals surface area (Å²) < 4.78 is 33.3. The fourth-order valence-corrected chi connectivity index (χ4v) is 5.83. The van der Waals surface area contributed by atoms with Gasteiger partial charge in [-0.1, -0.05) is 61.0 Å². The number of Topliss-reactive ketones (excluding diaryl/α,β-unsaturated/α-hetero) is 1. The van der Waals surface area contributed by atoms with E-state index in [1.165, 1.54) is 30.3 Å². The second-order valence-electron chi connectivity index (χ2n) is 8.20. The molecule has 0 saturated heterocycles. The highest BCUT2D eigenvalue weighted by atomic mass is 35.5. The first-order chi connectivity index (χ1) is 17.8. The van der Waals surface area contributed by atoms with Crippen molar-refractivity contribution in [1.82, 2.24) is 4.98 Å². The first-order valence-corrected chi connectivity index (χ1v) is 13.4. The number of hydrogen-bond acceptors (Lipinski definition) is 5. The van der Waals surface area contributed by atoms with Crippen LogP contribution in [0, 0.1) is 0 Å². The lowest BCUT2D eigenvalue weighted by molar-refractivity contribution is 0.0475. The lowest BCUT2D eigenvalue weighted by Gasteiger charge is -2.24. The van der Waals surface area contributed by atoms with Crippen LogP contribution in [-0.4, -0.2) is 38.3 Å². The molecular weight excluding hydrogens is 512 g/mol. The average molecular weight is 537 g/mol. The number of fused-ring (bicyclic) bond motifs is 1. The number of nitrogens with zero attached hydrogens (tertiary/aromatic N) is 1. The van der Waals surface area contributed by atoms with Crippen LogP contribution in [0.4, 0.5) is 5.69 Å². The largest absolute Gasteiger partial charge is 0.454 e. The van der Waals surface area contributed by atoms with E-state index in [0.29, 0.717) is 5.56 Å². The molecule has 0 aliphatic rings. The number of ketones is 1. The lowest BCUT2D eigenvalue weighted by atomic mass is 10.1. The van der Waals surface area contributed by atoms with Crippen molar-refractivity contribution in [2.24, 2.45) is 0 Å². The number of hydrogen-bond donors (Lipinski definition) is 1. The highest BCUT2D eigenvalue weighted by molar-refractivity contribution is 7.92. The molecule has 190 valence electrons. The number of aryl methyl sites for hydroxylation is 1. The molecule has 0 amide bonds. The van der Waals surface area contributed by atoms with E-state index < -0.39 is 22.6 Å². The van der Waals surface area contributed by atoms with Gasteiger partial charge in [0.1, 0.15) is 0 Å². The third-order valence-electron chi connectivity index (χ3n) is 5.89. The highest BCUT2D eigenvalue weighted by Gasteiger charge is 2.27. The number of sulfonamides is 1. The summed E-state index contributed by atoms with van der Waals surface area (Å²) in [5, 5.41) is 1.01. The van der Waals surface area contributed by atoms with Gasteiger partial charge < -0.3 is 9.72 Å². The summed E-state index contributed by atoms with van der Waals surface area (Å²) in [6.45, 7) is 5.15. The Morgan fingerprint density at radius 2 is 1.84 bits per heavy atom. The van der Waals surface area contributed by atoms with Crippen molar-refractivity contribution in [2.75, 3.05) is 17.5 Å². The van der Waals surface area contributed by atoms with Gasteiger partial charge in [-0.05, 0) is 42.3 Å². The zero-order valence-corrected chi connectivity index (χ0v) is 21.7. The van der Waals surface area contributed by atoms with Crippen LogP contribution < -0.4 is 4.31 Å². The summed E-state index contributed by atoms with van der Waals surface area (Å²) in [6.07, 6.45) is 3.86. The Kier molecular flexibility index (Phi) is 7.80. The Morgan fingerprint density at radius 1 is 1.08 bits per heavy atom. The number of halogens is 1. The van der Waals surface area contributed by atoms with E-state index in [9.17, 15) is 18.0 Å². The van der Waals surface area contributed by atoms with Gasteiger partial charge in [0.2, 0.25) is 5.78 Å². The second kappa shape index (κ2) is 11.0. The topological polar surface area (TPSA) is 96.5 Å². The van der Waals surface area contributed by atoms with E-state index in [1.54, 1.807) is 30.5 Å². The molecule has 0 aliphatic heterocycles. The summed E-state index contributed by atoms with van der Waals surface area (Å²) in [5.41, 5.74) is 2.66. The summed E-state index contributed by atoms with van der Waals surface area (Å²) in [4.78, 5) is 28.6. The van der Waals surface area contributed by atoms with Gasteiger partial charge in [0, 0.05) is 22.7 Å². The van der Waals surface area contributed by atoms with Crippen LogP contribution in [0.3, 0.4) is 0 Å². The number of benzene rings is 3. The van der Waals surface area contributed by atoms with Crippen LogP contribution in [-0.2, 0) is 21.2 Å². The molecule has 0 bridgehead atoms. The van der Waals surface area contributed by atoms with Crippen LogP contribution in [0.25, 0.3) is 10.9 Å².